The molecule has 2 aromatic heterocycles. The van der Waals surface area contributed by atoms with Gasteiger partial charge in [-0.05, 0) is 36.2 Å². The van der Waals surface area contributed by atoms with Crippen molar-refractivity contribution < 1.29 is 4.79 Å². The number of nitrogens with one attached hydrogen (secondary N) is 1. The Morgan fingerprint density at radius 1 is 1.25 bits per heavy atom. The number of carbonyl (C=O) groups is 1. The number of thioether (sulfide) groups is 1. The first-order valence-electron chi connectivity index (χ1n) is 7.64. The van der Waals surface area contributed by atoms with Crippen molar-refractivity contribution in [1.29, 1.82) is 0 Å². The summed E-state index contributed by atoms with van der Waals surface area (Å²) in [4.78, 5) is 12.3. The number of nitrogens with zero attached hydrogens (tertiary/aromatic N) is 3. The summed E-state index contributed by atoms with van der Waals surface area (Å²) in [5.74, 6) is 0.297. The van der Waals surface area contributed by atoms with Gasteiger partial charge in [0.15, 0.2) is 10.8 Å². The third-order valence-electron chi connectivity index (χ3n) is 3.63. The van der Waals surface area contributed by atoms with Crippen molar-refractivity contribution in [1.82, 2.24) is 19.9 Å². The highest BCUT2D eigenvalue weighted by Crippen LogP contribution is 2.21. The van der Waals surface area contributed by atoms with Crippen molar-refractivity contribution in [3.05, 3.63) is 58.7 Å². The first-order chi connectivity index (χ1) is 11.7. The van der Waals surface area contributed by atoms with Crippen LogP contribution in [-0.2, 0) is 4.79 Å². The highest BCUT2D eigenvalue weighted by Gasteiger charge is 2.14. The summed E-state index contributed by atoms with van der Waals surface area (Å²) in [6, 6.07) is 13.8. The molecule has 0 aliphatic carbocycles. The largest absolute Gasteiger partial charge is 0.349 e. The van der Waals surface area contributed by atoms with Crippen LogP contribution in [0, 0.1) is 0 Å². The van der Waals surface area contributed by atoms with Gasteiger partial charge < -0.3 is 5.32 Å². The normalized spacial score (nSPS) is 12.2. The molecule has 3 aromatic rings. The van der Waals surface area contributed by atoms with Crippen LogP contribution in [0.2, 0.25) is 0 Å². The van der Waals surface area contributed by atoms with Crippen molar-refractivity contribution in [2.45, 2.75) is 24.5 Å². The van der Waals surface area contributed by atoms with Gasteiger partial charge in [0.25, 0.3) is 0 Å². The lowest BCUT2D eigenvalue weighted by Crippen LogP contribution is -2.29. The van der Waals surface area contributed by atoms with Gasteiger partial charge >= 0.3 is 0 Å². The number of aromatic nitrogens is 3. The van der Waals surface area contributed by atoms with Gasteiger partial charge in [0, 0.05) is 10.7 Å². The second-order valence-electron chi connectivity index (χ2n) is 5.28. The zero-order chi connectivity index (χ0) is 16.9. The van der Waals surface area contributed by atoms with Crippen LogP contribution in [0.1, 0.15) is 24.9 Å². The minimum atomic E-state index is -0.0116. The van der Waals surface area contributed by atoms with Gasteiger partial charge in [-0.3, -0.25) is 9.20 Å². The third kappa shape index (κ3) is 3.96. The molecule has 1 N–H and O–H groups in total. The highest BCUT2D eigenvalue weighted by atomic mass is 79.9. The molecule has 0 fully saturated rings. The van der Waals surface area contributed by atoms with Crippen LogP contribution < -0.4 is 5.32 Å². The monoisotopic (exact) mass is 404 g/mol. The molecule has 0 unspecified atom stereocenters. The average Bonchev–Trinajstić information content (AvgIpc) is 3.02. The molecule has 1 atom stereocenters. The van der Waals surface area contributed by atoms with Crippen LogP contribution in [0.3, 0.4) is 0 Å². The van der Waals surface area contributed by atoms with E-state index >= 15 is 0 Å². The van der Waals surface area contributed by atoms with Crippen molar-refractivity contribution in [3.8, 4) is 0 Å². The fourth-order valence-corrected chi connectivity index (χ4v) is 3.40. The van der Waals surface area contributed by atoms with Gasteiger partial charge in [0.1, 0.15) is 0 Å². The van der Waals surface area contributed by atoms with E-state index in [-0.39, 0.29) is 11.9 Å². The number of rotatable bonds is 6. The second kappa shape index (κ2) is 7.81. The SMILES string of the molecule is CC[C@@H](NC(=O)CSc1nnc2ccccn12)c1ccc(Br)cc1. The number of halogens is 1. The molecule has 5 nitrogen and oxygen atoms in total. The maximum atomic E-state index is 12.3. The predicted octanol–water partition coefficient (Wildman–Crippen LogP) is 3.85. The number of pyridine rings is 1. The summed E-state index contributed by atoms with van der Waals surface area (Å²) >= 11 is 4.81. The maximum Gasteiger partial charge on any atom is 0.230 e. The smallest absolute Gasteiger partial charge is 0.230 e. The molecule has 0 aliphatic heterocycles. The lowest BCUT2D eigenvalue weighted by atomic mass is 10.0. The number of benzene rings is 1. The van der Waals surface area contributed by atoms with Crippen LogP contribution in [-0.4, -0.2) is 26.3 Å². The summed E-state index contributed by atoms with van der Waals surface area (Å²) in [5, 5.41) is 12.0. The molecule has 1 amide bonds. The van der Waals surface area contributed by atoms with Gasteiger partial charge in [-0.25, -0.2) is 0 Å². The number of fused-ring (bicyclic) bond motifs is 1. The van der Waals surface area contributed by atoms with Crippen molar-refractivity contribution in [3.63, 3.8) is 0 Å². The van der Waals surface area contributed by atoms with E-state index in [9.17, 15) is 4.79 Å². The summed E-state index contributed by atoms with van der Waals surface area (Å²) in [6.45, 7) is 2.06. The number of hydrogen-bond donors (Lipinski definition) is 1. The summed E-state index contributed by atoms with van der Waals surface area (Å²) in [6.07, 6.45) is 2.73. The first-order valence-corrected chi connectivity index (χ1v) is 9.42. The van der Waals surface area contributed by atoms with Crippen molar-refractivity contribution >= 4 is 39.2 Å². The second-order valence-corrected chi connectivity index (χ2v) is 7.14. The Kier molecular flexibility index (Phi) is 5.52. The van der Waals surface area contributed by atoms with E-state index < -0.39 is 0 Å². The van der Waals surface area contributed by atoms with E-state index in [0.717, 1.165) is 27.3 Å². The van der Waals surface area contributed by atoms with Crippen LogP contribution in [0.25, 0.3) is 5.65 Å². The number of carbonyl (C=O) groups excluding carboxylic acids is 1. The minimum absolute atomic E-state index is 0.0116. The Hall–Kier alpha value is -1.86. The van der Waals surface area contributed by atoms with E-state index in [1.807, 2.05) is 53.1 Å². The Morgan fingerprint density at radius 2 is 2.04 bits per heavy atom. The van der Waals surface area contributed by atoms with E-state index in [1.54, 1.807) is 0 Å². The molecule has 0 aliphatic rings. The molecule has 124 valence electrons. The Morgan fingerprint density at radius 3 is 2.79 bits per heavy atom. The van der Waals surface area contributed by atoms with Crippen molar-refractivity contribution in [2.24, 2.45) is 0 Å². The third-order valence-corrected chi connectivity index (χ3v) is 5.10. The predicted molar refractivity (Wildman–Crippen MR) is 99.0 cm³/mol. The topological polar surface area (TPSA) is 59.3 Å². The summed E-state index contributed by atoms with van der Waals surface area (Å²) < 4.78 is 2.91. The highest BCUT2D eigenvalue weighted by molar-refractivity contribution is 9.10. The minimum Gasteiger partial charge on any atom is -0.349 e. The van der Waals surface area contributed by atoms with Crippen LogP contribution in [0.5, 0.6) is 0 Å². The Labute approximate surface area is 153 Å². The van der Waals surface area contributed by atoms with Gasteiger partial charge in [0.2, 0.25) is 5.91 Å². The zero-order valence-electron chi connectivity index (χ0n) is 13.1. The molecule has 7 heteroatoms. The quantitative estimate of drug-likeness (QED) is 0.633. The van der Waals surface area contributed by atoms with E-state index in [4.69, 9.17) is 0 Å². The van der Waals surface area contributed by atoms with Gasteiger partial charge in [0.05, 0.1) is 11.8 Å². The van der Waals surface area contributed by atoms with E-state index in [2.05, 4.69) is 38.4 Å². The Balaban J connectivity index is 1.61. The lowest BCUT2D eigenvalue weighted by Gasteiger charge is -2.17. The van der Waals surface area contributed by atoms with Gasteiger partial charge in [-0.15, -0.1) is 10.2 Å². The molecule has 0 saturated heterocycles. The molecular weight excluding hydrogens is 388 g/mol. The molecule has 0 spiro atoms. The summed E-state index contributed by atoms with van der Waals surface area (Å²) in [7, 11) is 0. The fraction of sp³-hybridized carbons (Fsp3) is 0.235. The number of amides is 1. The molecule has 0 saturated carbocycles. The molecule has 2 heterocycles. The van der Waals surface area contributed by atoms with Crippen LogP contribution in [0.4, 0.5) is 0 Å². The average molecular weight is 405 g/mol. The first kappa shape index (κ1) is 17.0. The molecule has 0 bridgehead atoms. The van der Waals surface area contributed by atoms with E-state index in [1.165, 1.54) is 11.8 Å². The molecule has 0 radical (unpaired) electrons. The number of hydrogen-bond acceptors (Lipinski definition) is 4. The zero-order valence-corrected chi connectivity index (χ0v) is 15.5. The van der Waals surface area contributed by atoms with E-state index in [0.29, 0.717) is 5.75 Å². The maximum absolute atomic E-state index is 12.3. The van der Waals surface area contributed by atoms with Gasteiger partial charge in [-0.1, -0.05) is 52.8 Å². The van der Waals surface area contributed by atoms with Crippen LogP contribution >= 0.6 is 27.7 Å². The standard InChI is InChI=1S/C17H17BrN4OS/c1-2-14(12-6-8-13(18)9-7-12)19-16(23)11-24-17-21-20-15-5-3-4-10-22(15)17/h3-10,14H,2,11H2,1H3,(H,19,23)/t14-/m1/s1. The lowest BCUT2D eigenvalue weighted by molar-refractivity contribution is -0.119. The molecular formula is C17H17BrN4OS. The Bertz CT molecular complexity index is 834. The summed E-state index contributed by atoms with van der Waals surface area (Å²) in [5.41, 5.74) is 1.88. The fourth-order valence-electron chi connectivity index (χ4n) is 2.40. The van der Waals surface area contributed by atoms with Gasteiger partial charge in [-0.2, -0.15) is 0 Å². The van der Waals surface area contributed by atoms with Crippen molar-refractivity contribution in [2.75, 3.05) is 5.75 Å². The molecule has 1 aromatic carbocycles. The van der Waals surface area contributed by atoms with Crippen LogP contribution in [0.15, 0.2) is 58.3 Å². The molecule has 3 rings (SSSR count). The molecule has 24 heavy (non-hydrogen) atoms.